The van der Waals surface area contributed by atoms with E-state index in [1.807, 2.05) is 6.07 Å². The van der Waals surface area contributed by atoms with Crippen molar-refractivity contribution in [1.82, 2.24) is 0 Å². The highest BCUT2D eigenvalue weighted by atomic mass is 79.9. The van der Waals surface area contributed by atoms with Crippen LogP contribution < -0.4 is 0 Å². The van der Waals surface area contributed by atoms with Gasteiger partial charge < -0.3 is 0 Å². The summed E-state index contributed by atoms with van der Waals surface area (Å²) in [6.07, 6.45) is 0. The lowest BCUT2D eigenvalue weighted by Crippen LogP contribution is -1.78. The molecule has 1 aromatic carbocycles. The van der Waals surface area contributed by atoms with E-state index in [2.05, 4.69) is 50.1 Å². The van der Waals surface area contributed by atoms with Crippen molar-refractivity contribution in [3.05, 3.63) is 33.1 Å². The van der Waals surface area contributed by atoms with E-state index in [1.54, 1.807) is 0 Å². The zero-order valence-electron chi connectivity index (χ0n) is 7.05. The van der Waals surface area contributed by atoms with E-state index in [1.165, 1.54) is 21.6 Å². The molecular weight excluding hydrogens is 326 g/mol. The summed E-state index contributed by atoms with van der Waals surface area (Å²) in [5, 5.41) is 10.7. The Balaban J connectivity index is 2.71. The van der Waals surface area contributed by atoms with Crippen molar-refractivity contribution in [3.63, 3.8) is 0 Å². The van der Waals surface area contributed by atoms with Gasteiger partial charge in [-0.25, -0.2) is 0 Å². The summed E-state index contributed by atoms with van der Waals surface area (Å²) in [4.78, 5) is 0.763. The molecule has 0 saturated carbocycles. The molecule has 0 N–H and O–H groups in total. The van der Waals surface area contributed by atoms with E-state index in [9.17, 15) is 0 Å². The van der Waals surface area contributed by atoms with Gasteiger partial charge in [0.2, 0.25) is 0 Å². The zero-order valence-corrected chi connectivity index (χ0v) is 11.0. The Morgan fingerprint density at radius 1 is 1.36 bits per heavy atom. The van der Waals surface area contributed by atoms with E-state index in [0.717, 1.165) is 20.1 Å². The van der Waals surface area contributed by atoms with Crippen molar-refractivity contribution >= 4 is 53.3 Å². The molecule has 0 bridgehead atoms. The molecule has 0 radical (unpaired) electrons. The number of benzene rings is 1. The van der Waals surface area contributed by atoms with Gasteiger partial charge in [0.25, 0.3) is 0 Å². The van der Waals surface area contributed by atoms with Crippen LogP contribution in [0.5, 0.6) is 0 Å². The van der Waals surface area contributed by atoms with Gasteiger partial charge in [-0.15, -0.1) is 11.3 Å². The van der Waals surface area contributed by atoms with Crippen LogP contribution in [0.1, 0.15) is 10.4 Å². The number of hydrogen-bond acceptors (Lipinski definition) is 2. The first-order chi connectivity index (χ1) is 6.74. The molecule has 0 aliphatic carbocycles. The van der Waals surface area contributed by atoms with Crippen LogP contribution >= 0.6 is 43.2 Å². The predicted octanol–water partition coefficient (Wildman–Crippen LogP) is 4.43. The summed E-state index contributed by atoms with van der Waals surface area (Å²) < 4.78 is 2.25. The van der Waals surface area contributed by atoms with E-state index in [-0.39, 0.29) is 0 Å². The molecular formula is C10H5Br2NS. The van der Waals surface area contributed by atoms with E-state index in [0.29, 0.717) is 0 Å². The van der Waals surface area contributed by atoms with Gasteiger partial charge in [0.15, 0.2) is 0 Å². The zero-order chi connectivity index (χ0) is 10.1. The Morgan fingerprint density at radius 3 is 2.79 bits per heavy atom. The first-order valence-corrected chi connectivity index (χ1v) is 6.65. The molecule has 0 saturated heterocycles. The summed E-state index contributed by atoms with van der Waals surface area (Å²) in [6.45, 7) is 0. The number of hydrogen-bond donors (Lipinski definition) is 0. The minimum atomic E-state index is 0.763. The fourth-order valence-electron chi connectivity index (χ4n) is 1.26. The number of halogens is 2. The lowest BCUT2D eigenvalue weighted by Gasteiger charge is -1.99. The summed E-state index contributed by atoms with van der Waals surface area (Å²) >= 11 is 8.46. The van der Waals surface area contributed by atoms with Crippen LogP contribution in [0.4, 0.5) is 0 Å². The first-order valence-electron chi connectivity index (χ1n) is 3.92. The lowest BCUT2D eigenvalue weighted by molar-refractivity contribution is 1.43. The van der Waals surface area contributed by atoms with Crippen LogP contribution in [-0.2, 0) is 5.33 Å². The highest BCUT2D eigenvalue weighted by Gasteiger charge is 2.05. The molecule has 1 nitrogen and oxygen atoms in total. The van der Waals surface area contributed by atoms with Crippen molar-refractivity contribution in [2.24, 2.45) is 0 Å². The highest BCUT2D eigenvalue weighted by Crippen LogP contribution is 2.31. The maximum Gasteiger partial charge on any atom is 0.110 e. The van der Waals surface area contributed by atoms with Gasteiger partial charge in [-0.3, -0.25) is 0 Å². The molecule has 0 fully saturated rings. The summed E-state index contributed by atoms with van der Waals surface area (Å²) in [5.74, 6) is 0. The molecule has 0 aliphatic rings. The smallest absolute Gasteiger partial charge is 0.110 e. The topological polar surface area (TPSA) is 23.8 Å². The summed E-state index contributed by atoms with van der Waals surface area (Å²) in [6, 6.07) is 8.25. The van der Waals surface area contributed by atoms with Crippen LogP contribution in [-0.4, -0.2) is 0 Å². The standard InChI is InChI=1S/C10H5Br2NS/c11-4-7-3-10-6(2-9(7)12)1-8(5-13)14-10/h1-3H,4H2. The average molecular weight is 331 g/mol. The van der Waals surface area contributed by atoms with Gasteiger partial charge in [0.05, 0.1) is 0 Å². The fourth-order valence-corrected chi connectivity index (χ4v) is 3.51. The molecule has 0 amide bonds. The summed E-state index contributed by atoms with van der Waals surface area (Å²) in [5.41, 5.74) is 1.21. The average Bonchev–Trinajstić information content (AvgIpc) is 2.58. The Morgan fingerprint density at radius 2 is 2.14 bits per heavy atom. The maximum atomic E-state index is 8.77. The number of fused-ring (bicyclic) bond motifs is 1. The Kier molecular flexibility index (Phi) is 2.91. The van der Waals surface area contributed by atoms with Crippen LogP contribution in [0, 0.1) is 11.3 Å². The molecule has 0 atom stereocenters. The minimum absolute atomic E-state index is 0.763. The molecule has 0 unspecified atom stereocenters. The number of thiophene rings is 1. The van der Waals surface area contributed by atoms with E-state index >= 15 is 0 Å². The Labute approximate surface area is 103 Å². The maximum absolute atomic E-state index is 8.77. The van der Waals surface area contributed by atoms with Crippen molar-refractivity contribution in [3.8, 4) is 6.07 Å². The quantitative estimate of drug-likeness (QED) is 0.709. The number of nitriles is 1. The van der Waals surface area contributed by atoms with Gasteiger partial charge >= 0.3 is 0 Å². The third-order valence-corrected chi connectivity index (χ3v) is 4.28. The SMILES string of the molecule is N#Cc1cc2cc(Br)c(CBr)cc2s1. The number of nitrogens with zero attached hydrogens (tertiary/aromatic N) is 1. The van der Waals surface area contributed by atoms with Crippen LogP contribution in [0.2, 0.25) is 0 Å². The molecule has 0 spiro atoms. The molecule has 1 aromatic heterocycles. The lowest BCUT2D eigenvalue weighted by atomic mass is 10.2. The van der Waals surface area contributed by atoms with Gasteiger partial charge in [-0.05, 0) is 29.1 Å². The second-order valence-electron chi connectivity index (χ2n) is 2.84. The first kappa shape index (κ1) is 10.2. The third-order valence-electron chi connectivity index (χ3n) is 1.94. The number of rotatable bonds is 1. The Hall–Kier alpha value is -0.370. The Bertz CT molecular complexity index is 525. The second kappa shape index (κ2) is 4.01. The molecule has 2 rings (SSSR count). The molecule has 0 aliphatic heterocycles. The normalized spacial score (nSPS) is 10.4. The van der Waals surface area contributed by atoms with E-state index < -0.39 is 0 Å². The van der Waals surface area contributed by atoms with Gasteiger partial charge in [0.1, 0.15) is 10.9 Å². The van der Waals surface area contributed by atoms with Crippen LogP contribution in [0.3, 0.4) is 0 Å². The summed E-state index contributed by atoms with van der Waals surface area (Å²) in [7, 11) is 0. The third kappa shape index (κ3) is 1.72. The number of alkyl halides is 1. The largest absolute Gasteiger partial charge is 0.192 e. The predicted molar refractivity (Wildman–Crippen MR) is 66.9 cm³/mol. The second-order valence-corrected chi connectivity index (χ2v) is 5.34. The van der Waals surface area contributed by atoms with Crippen LogP contribution in [0.15, 0.2) is 22.7 Å². The monoisotopic (exact) mass is 329 g/mol. The molecule has 4 heteroatoms. The minimum Gasteiger partial charge on any atom is -0.192 e. The molecule has 2 aromatic rings. The van der Waals surface area contributed by atoms with E-state index in [4.69, 9.17) is 5.26 Å². The molecule has 70 valence electrons. The van der Waals surface area contributed by atoms with Gasteiger partial charge in [0, 0.05) is 14.5 Å². The van der Waals surface area contributed by atoms with Crippen molar-refractivity contribution in [1.29, 1.82) is 5.26 Å². The highest BCUT2D eigenvalue weighted by molar-refractivity contribution is 9.10. The van der Waals surface area contributed by atoms with Gasteiger partial charge in [-0.1, -0.05) is 31.9 Å². The van der Waals surface area contributed by atoms with Gasteiger partial charge in [-0.2, -0.15) is 5.26 Å². The molecule has 14 heavy (non-hydrogen) atoms. The van der Waals surface area contributed by atoms with Crippen molar-refractivity contribution < 1.29 is 0 Å². The van der Waals surface area contributed by atoms with Crippen molar-refractivity contribution in [2.45, 2.75) is 5.33 Å². The fraction of sp³-hybridized carbons (Fsp3) is 0.100. The van der Waals surface area contributed by atoms with Crippen molar-refractivity contribution in [2.75, 3.05) is 0 Å². The molecule has 1 heterocycles. The van der Waals surface area contributed by atoms with Crippen LogP contribution in [0.25, 0.3) is 10.1 Å².